The molecular formula is C18H24N2O2. The Kier molecular flexibility index (Phi) is 6.68. The zero-order valence-corrected chi connectivity index (χ0v) is 13.2. The average molecular weight is 300 g/mol. The number of ether oxygens (including phenoxy) is 1. The van der Waals surface area contributed by atoms with Gasteiger partial charge in [-0.25, -0.2) is 4.98 Å². The molecule has 1 aromatic carbocycles. The van der Waals surface area contributed by atoms with Crippen LogP contribution in [0.2, 0.25) is 0 Å². The number of carbonyl (C=O) groups is 1. The van der Waals surface area contributed by atoms with Crippen molar-refractivity contribution in [1.82, 2.24) is 9.55 Å². The summed E-state index contributed by atoms with van der Waals surface area (Å²) in [6, 6.07) is 7.45. The lowest BCUT2D eigenvalue weighted by Crippen LogP contribution is -2.05. The molecule has 0 saturated carbocycles. The Bertz CT molecular complexity index is 547. The quantitative estimate of drug-likeness (QED) is 0.490. The summed E-state index contributed by atoms with van der Waals surface area (Å²) in [5.74, 6) is 0.978. The summed E-state index contributed by atoms with van der Waals surface area (Å²) in [6.07, 6.45) is 10.6. The Labute approximate surface area is 132 Å². The molecule has 0 aliphatic heterocycles. The van der Waals surface area contributed by atoms with E-state index in [2.05, 4.69) is 11.9 Å². The van der Waals surface area contributed by atoms with Gasteiger partial charge in [-0.05, 0) is 30.7 Å². The molecular weight excluding hydrogens is 276 g/mol. The van der Waals surface area contributed by atoms with E-state index in [0.29, 0.717) is 13.0 Å². The SMILES string of the molecule is CCCCCCOc1ccc(C(=O)CCn2ccnc2)cc1. The molecule has 0 aliphatic carbocycles. The molecule has 0 unspecified atom stereocenters. The molecule has 2 aromatic rings. The van der Waals surface area contributed by atoms with Gasteiger partial charge in [-0.2, -0.15) is 0 Å². The van der Waals surface area contributed by atoms with E-state index in [4.69, 9.17) is 4.74 Å². The number of imidazole rings is 1. The zero-order valence-electron chi connectivity index (χ0n) is 13.2. The maximum Gasteiger partial charge on any atom is 0.164 e. The second-order valence-electron chi connectivity index (χ2n) is 5.41. The summed E-state index contributed by atoms with van der Waals surface area (Å²) in [7, 11) is 0. The fourth-order valence-electron chi connectivity index (χ4n) is 2.25. The van der Waals surface area contributed by atoms with Gasteiger partial charge in [0.1, 0.15) is 5.75 Å². The molecule has 0 aliphatic rings. The average Bonchev–Trinajstić information content (AvgIpc) is 3.06. The predicted molar refractivity (Wildman–Crippen MR) is 87.3 cm³/mol. The van der Waals surface area contributed by atoms with E-state index in [9.17, 15) is 4.79 Å². The van der Waals surface area contributed by atoms with Gasteiger partial charge in [0.25, 0.3) is 0 Å². The van der Waals surface area contributed by atoms with Crippen molar-refractivity contribution in [2.45, 2.75) is 45.6 Å². The first-order chi connectivity index (χ1) is 10.8. The third-order valence-corrected chi connectivity index (χ3v) is 3.60. The number of hydrogen-bond donors (Lipinski definition) is 0. The molecule has 0 fully saturated rings. The summed E-state index contributed by atoms with van der Waals surface area (Å²) in [4.78, 5) is 16.1. The van der Waals surface area contributed by atoms with Gasteiger partial charge in [0, 0.05) is 30.9 Å². The number of hydrogen-bond acceptors (Lipinski definition) is 3. The van der Waals surface area contributed by atoms with Crippen LogP contribution in [0.25, 0.3) is 0 Å². The molecule has 118 valence electrons. The number of ketones is 1. The molecule has 2 rings (SSSR count). The highest BCUT2D eigenvalue weighted by atomic mass is 16.5. The minimum Gasteiger partial charge on any atom is -0.494 e. The van der Waals surface area contributed by atoms with Gasteiger partial charge in [0.15, 0.2) is 5.78 Å². The number of aryl methyl sites for hydroxylation is 1. The van der Waals surface area contributed by atoms with E-state index in [1.54, 1.807) is 12.5 Å². The zero-order chi connectivity index (χ0) is 15.6. The van der Waals surface area contributed by atoms with Crippen LogP contribution in [0.3, 0.4) is 0 Å². The fourth-order valence-corrected chi connectivity index (χ4v) is 2.25. The second-order valence-corrected chi connectivity index (χ2v) is 5.41. The third kappa shape index (κ3) is 5.35. The predicted octanol–water partition coefficient (Wildman–Crippen LogP) is 4.12. The first kappa shape index (κ1) is 16.3. The number of Topliss-reactive ketones (excluding diaryl/α,β-unsaturated/α-hetero) is 1. The van der Waals surface area contributed by atoms with Crippen LogP contribution < -0.4 is 4.74 Å². The lowest BCUT2D eigenvalue weighted by molar-refractivity contribution is 0.0977. The van der Waals surface area contributed by atoms with Crippen molar-refractivity contribution in [3.63, 3.8) is 0 Å². The molecule has 4 heteroatoms. The Balaban J connectivity index is 1.74. The Morgan fingerprint density at radius 1 is 1.18 bits per heavy atom. The molecule has 4 nitrogen and oxygen atoms in total. The van der Waals surface area contributed by atoms with Crippen LogP contribution in [-0.4, -0.2) is 21.9 Å². The molecule has 0 bridgehead atoms. The number of nitrogens with zero attached hydrogens (tertiary/aromatic N) is 2. The fraction of sp³-hybridized carbons (Fsp3) is 0.444. The van der Waals surface area contributed by atoms with Crippen LogP contribution in [0.1, 0.15) is 49.4 Å². The monoisotopic (exact) mass is 300 g/mol. The number of benzene rings is 1. The third-order valence-electron chi connectivity index (χ3n) is 3.60. The van der Waals surface area contributed by atoms with Crippen LogP contribution in [0, 0.1) is 0 Å². The lowest BCUT2D eigenvalue weighted by Gasteiger charge is -2.07. The molecule has 22 heavy (non-hydrogen) atoms. The van der Waals surface area contributed by atoms with Crippen LogP contribution >= 0.6 is 0 Å². The number of aromatic nitrogens is 2. The van der Waals surface area contributed by atoms with Gasteiger partial charge in [0.05, 0.1) is 12.9 Å². The summed E-state index contributed by atoms with van der Waals surface area (Å²) >= 11 is 0. The van der Waals surface area contributed by atoms with Crippen LogP contribution in [0.4, 0.5) is 0 Å². The summed E-state index contributed by atoms with van der Waals surface area (Å²) in [5.41, 5.74) is 0.735. The van der Waals surface area contributed by atoms with Crippen molar-refractivity contribution in [1.29, 1.82) is 0 Å². The van der Waals surface area contributed by atoms with E-state index in [1.807, 2.05) is 35.0 Å². The van der Waals surface area contributed by atoms with E-state index >= 15 is 0 Å². The Morgan fingerprint density at radius 2 is 2.00 bits per heavy atom. The highest BCUT2D eigenvalue weighted by molar-refractivity contribution is 5.96. The summed E-state index contributed by atoms with van der Waals surface area (Å²) in [6.45, 7) is 3.60. The minimum atomic E-state index is 0.142. The van der Waals surface area contributed by atoms with E-state index in [-0.39, 0.29) is 5.78 Å². The first-order valence-electron chi connectivity index (χ1n) is 8.01. The first-order valence-corrected chi connectivity index (χ1v) is 8.01. The van der Waals surface area contributed by atoms with Crippen molar-refractivity contribution in [3.8, 4) is 5.75 Å². The summed E-state index contributed by atoms with van der Waals surface area (Å²) in [5, 5.41) is 0. The van der Waals surface area contributed by atoms with E-state index < -0.39 is 0 Å². The van der Waals surface area contributed by atoms with Gasteiger partial charge in [-0.15, -0.1) is 0 Å². The maximum atomic E-state index is 12.1. The molecule has 0 spiro atoms. The number of unbranched alkanes of at least 4 members (excludes halogenated alkanes) is 3. The second kappa shape index (κ2) is 9.03. The molecule has 0 radical (unpaired) electrons. The van der Waals surface area contributed by atoms with Gasteiger partial charge in [0.2, 0.25) is 0 Å². The number of rotatable bonds is 10. The van der Waals surface area contributed by atoms with Crippen molar-refractivity contribution in [2.75, 3.05) is 6.61 Å². The normalized spacial score (nSPS) is 10.6. The molecule has 1 heterocycles. The smallest absolute Gasteiger partial charge is 0.164 e. The molecule has 1 aromatic heterocycles. The van der Waals surface area contributed by atoms with Crippen molar-refractivity contribution >= 4 is 5.78 Å². The van der Waals surface area contributed by atoms with E-state index in [1.165, 1.54) is 19.3 Å². The van der Waals surface area contributed by atoms with Crippen molar-refractivity contribution < 1.29 is 9.53 Å². The van der Waals surface area contributed by atoms with E-state index in [0.717, 1.165) is 24.3 Å². The molecule has 0 N–H and O–H groups in total. The molecule has 0 saturated heterocycles. The van der Waals surface area contributed by atoms with Crippen LogP contribution in [-0.2, 0) is 6.54 Å². The Hall–Kier alpha value is -2.10. The lowest BCUT2D eigenvalue weighted by atomic mass is 10.1. The largest absolute Gasteiger partial charge is 0.494 e. The van der Waals surface area contributed by atoms with Gasteiger partial charge >= 0.3 is 0 Å². The van der Waals surface area contributed by atoms with Gasteiger partial charge < -0.3 is 9.30 Å². The standard InChI is InChI=1S/C18H24N2O2/c1-2-3-4-5-14-22-17-8-6-16(7-9-17)18(21)10-12-20-13-11-19-15-20/h6-9,11,13,15H,2-5,10,12,14H2,1H3. The van der Waals surface area contributed by atoms with Crippen molar-refractivity contribution in [3.05, 3.63) is 48.5 Å². The topological polar surface area (TPSA) is 44.1 Å². The maximum absolute atomic E-state index is 12.1. The van der Waals surface area contributed by atoms with Crippen LogP contribution in [0.5, 0.6) is 5.75 Å². The van der Waals surface area contributed by atoms with Crippen LogP contribution in [0.15, 0.2) is 43.0 Å². The van der Waals surface area contributed by atoms with Gasteiger partial charge in [-0.1, -0.05) is 26.2 Å². The summed E-state index contributed by atoms with van der Waals surface area (Å²) < 4.78 is 7.59. The van der Waals surface area contributed by atoms with Gasteiger partial charge in [-0.3, -0.25) is 4.79 Å². The number of carbonyl (C=O) groups excluding carboxylic acids is 1. The highest BCUT2D eigenvalue weighted by Crippen LogP contribution is 2.14. The van der Waals surface area contributed by atoms with Crippen molar-refractivity contribution in [2.24, 2.45) is 0 Å². The minimum absolute atomic E-state index is 0.142. The molecule has 0 atom stereocenters. The molecule has 0 amide bonds. The highest BCUT2D eigenvalue weighted by Gasteiger charge is 2.06. The Morgan fingerprint density at radius 3 is 2.68 bits per heavy atom.